The van der Waals surface area contributed by atoms with Crippen LogP contribution in [0.25, 0.3) is 0 Å². The van der Waals surface area contributed by atoms with E-state index in [0.29, 0.717) is 38.8 Å². The highest BCUT2D eigenvalue weighted by Crippen LogP contribution is 2.63. The number of nitrogens with zero attached hydrogens (tertiary/aromatic N) is 2. The highest BCUT2D eigenvalue weighted by Gasteiger charge is 2.78. The van der Waals surface area contributed by atoms with Crippen molar-refractivity contribution in [2.45, 2.75) is 102 Å². The molecule has 0 aliphatic carbocycles. The van der Waals surface area contributed by atoms with Crippen molar-refractivity contribution in [3.05, 3.63) is 25.3 Å². The molecule has 8 nitrogen and oxygen atoms in total. The van der Waals surface area contributed by atoms with Crippen molar-refractivity contribution in [2.75, 3.05) is 26.3 Å². The zero-order valence-electron chi connectivity index (χ0n) is 23.0. The second kappa shape index (κ2) is 12.6. The summed E-state index contributed by atoms with van der Waals surface area (Å²) in [7, 11) is 0. The van der Waals surface area contributed by atoms with E-state index < -0.39 is 35.0 Å². The molecular formula is C29H46N2O6. The molecule has 3 saturated heterocycles. The third-order valence-electron chi connectivity index (χ3n) is 8.47. The highest BCUT2D eigenvalue weighted by molar-refractivity contribution is 5.98. The quantitative estimate of drug-likeness (QED) is 0.190. The average Bonchev–Trinajstić information content (AvgIpc) is 3.43. The van der Waals surface area contributed by atoms with Crippen LogP contribution in [0.15, 0.2) is 25.3 Å². The number of likely N-dealkylation sites (tertiary alicyclic amines) is 1. The molecule has 2 amide bonds. The number of esters is 1. The number of aliphatic hydroxyl groups is 1. The van der Waals surface area contributed by atoms with Gasteiger partial charge in [-0.15, -0.1) is 13.2 Å². The van der Waals surface area contributed by atoms with E-state index in [2.05, 4.69) is 20.1 Å². The van der Waals surface area contributed by atoms with Gasteiger partial charge >= 0.3 is 5.97 Å². The maximum atomic E-state index is 14.2. The fraction of sp³-hybridized carbons (Fsp3) is 0.759. The Morgan fingerprint density at radius 1 is 1.24 bits per heavy atom. The molecule has 1 spiro atoms. The first-order valence-electron chi connectivity index (χ1n) is 14.0. The van der Waals surface area contributed by atoms with Crippen LogP contribution in [0, 0.1) is 11.8 Å². The molecule has 0 aromatic heterocycles. The van der Waals surface area contributed by atoms with Gasteiger partial charge in [0.2, 0.25) is 11.8 Å². The monoisotopic (exact) mass is 518 g/mol. The van der Waals surface area contributed by atoms with E-state index in [1.54, 1.807) is 15.9 Å². The molecule has 3 fully saturated rings. The number of hydrogen-bond donors (Lipinski definition) is 1. The van der Waals surface area contributed by atoms with E-state index in [9.17, 15) is 19.5 Å². The molecule has 208 valence electrons. The Bertz CT molecular complexity index is 861. The molecule has 8 heteroatoms. The fourth-order valence-corrected chi connectivity index (χ4v) is 6.71. The minimum atomic E-state index is -1.06. The molecule has 3 rings (SSSR count). The lowest BCUT2D eigenvalue weighted by Crippen LogP contribution is -2.58. The Balaban J connectivity index is 1.94. The number of allylic oxidation sites excluding steroid dienone is 1. The molecule has 3 unspecified atom stereocenters. The van der Waals surface area contributed by atoms with Crippen LogP contribution >= 0.6 is 0 Å². The molecule has 0 aromatic rings. The van der Waals surface area contributed by atoms with Crippen molar-refractivity contribution in [1.82, 2.24) is 9.80 Å². The van der Waals surface area contributed by atoms with Crippen LogP contribution in [0.2, 0.25) is 0 Å². The summed E-state index contributed by atoms with van der Waals surface area (Å²) in [6.07, 6.45) is 10.0. The smallest absolute Gasteiger partial charge is 0.312 e. The normalized spacial score (nSPS) is 30.8. The molecule has 3 heterocycles. The lowest BCUT2D eigenvalue weighted by molar-refractivity contribution is -0.160. The summed E-state index contributed by atoms with van der Waals surface area (Å²) in [5, 5.41) is 9.34. The van der Waals surface area contributed by atoms with Crippen LogP contribution in [0.1, 0.15) is 78.6 Å². The first-order chi connectivity index (χ1) is 17.7. The van der Waals surface area contributed by atoms with Crippen molar-refractivity contribution in [3.8, 4) is 0 Å². The maximum absolute atomic E-state index is 14.2. The summed E-state index contributed by atoms with van der Waals surface area (Å²) < 4.78 is 12.3. The topological polar surface area (TPSA) is 96.4 Å². The number of fused-ring (bicyclic) bond motifs is 1. The van der Waals surface area contributed by atoms with E-state index in [1.807, 2.05) is 19.9 Å². The Kier molecular flexibility index (Phi) is 9.98. The third-order valence-corrected chi connectivity index (χ3v) is 8.47. The number of carbonyl (C=O) groups excluding carboxylic acids is 3. The standard InChI is InChI=1S/C29H46N2O6/c1-6-9-10-13-20-36-27(35)23-22-25(33)31(18-11-12-19-32)24(29(22)16-15-28(23,5)37-29)26(34)30(17-8-3)21(4)14-7-2/h6,8,21-24,32H,1,3,7,9-20H2,2,4-5H3/t21?,22-,23+,24?,28-,29?/m0/s1. The molecule has 3 aliphatic rings. The average molecular weight is 519 g/mol. The van der Waals surface area contributed by atoms with Crippen LogP contribution in [0.5, 0.6) is 0 Å². The fourth-order valence-electron chi connectivity index (χ4n) is 6.71. The minimum absolute atomic E-state index is 0.0146. The van der Waals surface area contributed by atoms with E-state index >= 15 is 0 Å². The maximum Gasteiger partial charge on any atom is 0.312 e. The van der Waals surface area contributed by atoms with Crippen LogP contribution in [-0.2, 0) is 23.9 Å². The molecule has 0 aromatic carbocycles. The number of carbonyl (C=O) groups is 3. The van der Waals surface area contributed by atoms with Gasteiger partial charge in [0.05, 0.1) is 18.1 Å². The molecule has 3 aliphatic heterocycles. The van der Waals surface area contributed by atoms with E-state index in [1.165, 1.54) is 0 Å². The van der Waals surface area contributed by atoms with Crippen molar-refractivity contribution >= 4 is 17.8 Å². The van der Waals surface area contributed by atoms with E-state index in [0.717, 1.165) is 32.1 Å². The molecule has 1 N–H and O–H groups in total. The van der Waals surface area contributed by atoms with Gasteiger partial charge in [0.1, 0.15) is 17.6 Å². The summed E-state index contributed by atoms with van der Waals surface area (Å²) in [5.74, 6) is -2.26. The van der Waals surface area contributed by atoms with Crippen LogP contribution in [0.3, 0.4) is 0 Å². The lowest BCUT2D eigenvalue weighted by atomic mass is 9.66. The Morgan fingerprint density at radius 2 is 2.00 bits per heavy atom. The van der Waals surface area contributed by atoms with Gasteiger partial charge < -0.3 is 24.4 Å². The zero-order chi connectivity index (χ0) is 27.2. The largest absolute Gasteiger partial charge is 0.465 e. The van der Waals surface area contributed by atoms with Gasteiger partial charge in [-0.3, -0.25) is 14.4 Å². The number of aliphatic hydroxyl groups excluding tert-OH is 1. The van der Waals surface area contributed by atoms with E-state index in [4.69, 9.17) is 9.47 Å². The van der Waals surface area contributed by atoms with Gasteiger partial charge in [0, 0.05) is 25.7 Å². The minimum Gasteiger partial charge on any atom is -0.465 e. The number of unbranched alkanes of at least 4 members (excludes halogenated alkanes) is 3. The predicted molar refractivity (Wildman–Crippen MR) is 142 cm³/mol. The molecule has 0 radical (unpaired) electrons. The van der Waals surface area contributed by atoms with Crippen molar-refractivity contribution in [2.24, 2.45) is 11.8 Å². The molecular weight excluding hydrogens is 472 g/mol. The van der Waals surface area contributed by atoms with Crippen LogP contribution in [0.4, 0.5) is 0 Å². The number of rotatable bonds is 16. The summed E-state index contributed by atoms with van der Waals surface area (Å²) >= 11 is 0. The van der Waals surface area contributed by atoms with Gasteiger partial charge in [-0.05, 0) is 65.2 Å². The summed E-state index contributed by atoms with van der Waals surface area (Å²) in [4.78, 5) is 45.1. The number of amides is 2. The van der Waals surface area contributed by atoms with Gasteiger partial charge in [-0.2, -0.15) is 0 Å². The number of ether oxygens (including phenoxy) is 2. The van der Waals surface area contributed by atoms with Crippen LogP contribution < -0.4 is 0 Å². The second-order valence-corrected chi connectivity index (χ2v) is 11.1. The molecule has 2 bridgehead atoms. The highest BCUT2D eigenvalue weighted by atomic mass is 16.6. The first-order valence-corrected chi connectivity index (χ1v) is 14.0. The van der Waals surface area contributed by atoms with Crippen molar-refractivity contribution < 1.29 is 29.0 Å². The summed E-state index contributed by atoms with van der Waals surface area (Å²) in [6, 6.07) is -0.832. The lowest BCUT2D eigenvalue weighted by Gasteiger charge is -2.39. The Hall–Kier alpha value is -2.19. The molecule has 37 heavy (non-hydrogen) atoms. The van der Waals surface area contributed by atoms with Gasteiger partial charge in [-0.25, -0.2) is 0 Å². The predicted octanol–water partition coefficient (Wildman–Crippen LogP) is 3.63. The Morgan fingerprint density at radius 3 is 2.65 bits per heavy atom. The SMILES string of the molecule is C=CCCCCOC(=O)[C@H]1[C@H]2C(=O)N(CCCCO)C(C(=O)N(CC=C)C(C)CCC)C23CC[C@]1(C)O3. The van der Waals surface area contributed by atoms with E-state index in [-0.39, 0.29) is 31.1 Å². The van der Waals surface area contributed by atoms with Crippen molar-refractivity contribution in [1.29, 1.82) is 0 Å². The van der Waals surface area contributed by atoms with Crippen LogP contribution in [-0.4, -0.2) is 82.3 Å². The zero-order valence-corrected chi connectivity index (χ0v) is 23.0. The van der Waals surface area contributed by atoms with Gasteiger partial charge in [0.15, 0.2) is 0 Å². The van der Waals surface area contributed by atoms with Gasteiger partial charge in [0.25, 0.3) is 0 Å². The first kappa shape index (κ1) is 29.4. The molecule has 0 saturated carbocycles. The third kappa shape index (κ3) is 5.51. The molecule has 6 atom stereocenters. The Labute approximate surface area is 222 Å². The number of hydrogen-bond acceptors (Lipinski definition) is 6. The summed E-state index contributed by atoms with van der Waals surface area (Å²) in [5.41, 5.74) is -1.90. The van der Waals surface area contributed by atoms with Crippen molar-refractivity contribution in [3.63, 3.8) is 0 Å². The summed E-state index contributed by atoms with van der Waals surface area (Å²) in [6.45, 7) is 14.6. The second-order valence-electron chi connectivity index (χ2n) is 11.1. The van der Waals surface area contributed by atoms with Gasteiger partial charge in [-0.1, -0.05) is 25.5 Å².